The van der Waals surface area contributed by atoms with Crippen LogP contribution in [0.2, 0.25) is 0 Å². The van der Waals surface area contributed by atoms with Crippen LogP contribution >= 0.6 is 0 Å². The summed E-state index contributed by atoms with van der Waals surface area (Å²) in [5.41, 5.74) is 2.24. The first kappa shape index (κ1) is 23.4. The fourth-order valence-electron chi connectivity index (χ4n) is 5.57. The molecule has 0 radical (unpaired) electrons. The minimum absolute atomic E-state index is 0.105. The summed E-state index contributed by atoms with van der Waals surface area (Å²) in [6, 6.07) is 10.1. The van der Waals surface area contributed by atoms with Crippen molar-refractivity contribution < 1.29 is 28.8 Å². The Hall–Kier alpha value is -4.34. The minimum Gasteiger partial charge on any atom is -0.452 e. The molecule has 0 spiro atoms. The summed E-state index contributed by atoms with van der Waals surface area (Å²) in [4.78, 5) is 62.3. The fourth-order valence-corrected chi connectivity index (χ4v) is 5.57. The zero-order valence-electron chi connectivity index (χ0n) is 19.6. The van der Waals surface area contributed by atoms with E-state index < -0.39 is 23.4 Å². The van der Waals surface area contributed by atoms with Crippen LogP contribution in [-0.4, -0.2) is 35.2 Å². The van der Waals surface area contributed by atoms with Crippen LogP contribution in [0.1, 0.15) is 29.3 Å². The van der Waals surface area contributed by atoms with Crippen LogP contribution < -0.4 is 10.2 Å². The Morgan fingerprint density at radius 2 is 1.78 bits per heavy atom. The highest BCUT2D eigenvalue weighted by molar-refractivity contribution is 6.23. The number of allylic oxidation sites excluding steroid dienone is 2. The molecule has 2 aromatic rings. The maximum atomic E-state index is 13.1. The first-order valence-corrected chi connectivity index (χ1v) is 11.5. The van der Waals surface area contributed by atoms with Crippen molar-refractivity contribution in [3.05, 3.63) is 75.4 Å². The highest BCUT2D eigenvalue weighted by Crippen LogP contribution is 2.55. The van der Waals surface area contributed by atoms with Crippen LogP contribution in [0.5, 0.6) is 0 Å². The number of hydrogen-bond acceptors (Lipinski definition) is 7. The molecule has 0 unspecified atom stereocenters. The Morgan fingerprint density at radius 3 is 2.47 bits per heavy atom. The van der Waals surface area contributed by atoms with Gasteiger partial charge in [-0.3, -0.25) is 29.4 Å². The number of ether oxygens (including phenoxy) is 1. The van der Waals surface area contributed by atoms with Crippen LogP contribution in [0.3, 0.4) is 0 Å². The lowest BCUT2D eigenvalue weighted by Crippen LogP contribution is -2.33. The van der Waals surface area contributed by atoms with Gasteiger partial charge in [-0.2, -0.15) is 0 Å². The Morgan fingerprint density at radius 1 is 1.08 bits per heavy atom. The molecular formula is C26H23N3O7. The molecule has 3 aliphatic rings. The predicted molar refractivity (Wildman–Crippen MR) is 128 cm³/mol. The summed E-state index contributed by atoms with van der Waals surface area (Å²) >= 11 is 0. The van der Waals surface area contributed by atoms with Crippen LogP contribution in [0, 0.1) is 40.7 Å². The van der Waals surface area contributed by atoms with Crippen molar-refractivity contribution >= 4 is 40.8 Å². The number of amides is 3. The number of carbonyl (C=O) groups is 4. The average Bonchev–Trinajstić information content (AvgIpc) is 3.48. The molecule has 36 heavy (non-hydrogen) atoms. The summed E-state index contributed by atoms with van der Waals surface area (Å²) in [7, 11) is 0. The first-order chi connectivity index (χ1) is 17.2. The van der Waals surface area contributed by atoms with E-state index >= 15 is 0 Å². The van der Waals surface area contributed by atoms with Crippen molar-refractivity contribution in [3.63, 3.8) is 0 Å². The zero-order chi connectivity index (χ0) is 25.7. The third-order valence-electron chi connectivity index (χ3n) is 7.27. The van der Waals surface area contributed by atoms with Crippen LogP contribution in [0.4, 0.5) is 17.1 Å². The van der Waals surface area contributed by atoms with Gasteiger partial charge < -0.3 is 10.1 Å². The van der Waals surface area contributed by atoms with Gasteiger partial charge in [-0.25, -0.2) is 4.79 Å². The first-order valence-electron chi connectivity index (χ1n) is 11.5. The highest BCUT2D eigenvalue weighted by Gasteiger charge is 2.60. The molecular weight excluding hydrogens is 466 g/mol. The summed E-state index contributed by atoms with van der Waals surface area (Å²) in [5.74, 6) is -2.23. The van der Waals surface area contributed by atoms with E-state index in [9.17, 15) is 29.3 Å². The molecule has 2 aromatic carbocycles. The second-order valence-corrected chi connectivity index (χ2v) is 9.41. The van der Waals surface area contributed by atoms with Gasteiger partial charge in [0.25, 0.3) is 11.6 Å². The molecule has 2 aliphatic carbocycles. The average molecular weight is 489 g/mol. The van der Waals surface area contributed by atoms with Gasteiger partial charge in [0.2, 0.25) is 11.8 Å². The van der Waals surface area contributed by atoms with Crippen molar-refractivity contribution in [1.82, 2.24) is 0 Å². The number of imide groups is 1. The van der Waals surface area contributed by atoms with E-state index in [-0.39, 0.29) is 52.4 Å². The number of nitro benzene ring substituents is 1. The van der Waals surface area contributed by atoms with Crippen LogP contribution in [0.15, 0.2) is 54.1 Å². The monoisotopic (exact) mass is 489 g/mol. The minimum atomic E-state index is -0.764. The zero-order valence-corrected chi connectivity index (χ0v) is 19.6. The number of carbonyl (C=O) groups excluding carboxylic acids is 4. The molecule has 5 rings (SSSR count). The quantitative estimate of drug-likeness (QED) is 0.216. The molecule has 10 nitrogen and oxygen atoms in total. The predicted octanol–water partition coefficient (Wildman–Crippen LogP) is 3.40. The number of esters is 1. The molecule has 1 saturated carbocycles. The molecule has 10 heteroatoms. The van der Waals surface area contributed by atoms with E-state index in [2.05, 4.69) is 11.4 Å². The summed E-state index contributed by atoms with van der Waals surface area (Å²) in [5, 5.41) is 13.5. The van der Waals surface area contributed by atoms with E-state index in [0.717, 1.165) is 6.42 Å². The van der Waals surface area contributed by atoms with Crippen LogP contribution in [0.25, 0.3) is 0 Å². The number of nitrogens with one attached hydrogen (secondary N) is 1. The van der Waals surface area contributed by atoms with E-state index in [1.165, 1.54) is 52.9 Å². The van der Waals surface area contributed by atoms with Gasteiger partial charge >= 0.3 is 5.97 Å². The third-order valence-corrected chi connectivity index (χ3v) is 7.27. The molecule has 2 fully saturated rings. The fraction of sp³-hybridized carbons (Fsp3) is 0.308. The van der Waals surface area contributed by atoms with E-state index in [4.69, 9.17) is 4.74 Å². The van der Waals surface area contributed by atoms with Crippen molar-refractivity contribution in [2.75, 3.05) is 16.8 Å². The normalized spacial score (nSPS) is 23.9. The summed E-state index contributed by atoms with van der Waals surface area (Å²) in [6.45, 7) is 3.00. The van der Waals surface area contributed by atoms with Gasteiger partial charge in [0.15, 0.2) is 6.61 Å². The largest absolute Gasteiger partial charge is 0.452 e. The van der Waals surface area contributed by atoms with Gasteiger partial charge in [-0.05, 0) is 62.4 Å². The molecule has 3 amide bonds. The molecule has 4 atom stereocenters. The number of rotatable bonds is 6. The molecule has 1 heterocycles. The smallest absolute Gasteiger partial charge is 0.338 e. The van der Waals surface area contributed by atoms with Gasteiger partial charge in [-0.15, -0.1) is 0 Å². The lowest BCUT2D eigenvalue weighted by atomic mass is 9.82. The van der Waals surface area contributed by atoms with Gasteiger partial charge in [0.1, 0.15) is 0 Å². The Balaban J connectivity index is 1.20. The van der Waals surface area contributed by atoms with Gasteiger partial charge in [0, 0.05) is 17.3 Å². The molecule has 1 saturated heterocycles. The molecule has 0 aromatic heterocycles. The Kier molecular flexibility index (Phi) is 5.66. The standard InChI is InChI=1S/C26H23N3O7/c1-13-3-6-17(11-20(13)29(34)35)27-21(30)12-36-26(33)15-4-7-18(8-5-15)28-24(31)22-16-9-14(2)19(10-16)23(22)25(28)32/h3-9,11,16,19,22-23H,10,12H2,1-2H3,(H,27,30)/t16-,19+,22+,23-/m0/s1. The van der Waals surface area contributed by atoms with E-state index in [1.54, 1.807) is 6.92 Å². The van der Waals surface area contributed by atoms with Crippen molar-refractivity contribution in [3.8, 4) is 0 Å². The second kappa shape index (κ2) is 8.71. The molecule has 184 valence electrons. The number of fused-ring (bicyclic) bond motifs is 5. The Bertz CT molecular complexity index is 1350. The topological polar surface area (TPSA) is 136 Å². The van der Waals surface area contributed by atoms with E-state index in [1.807, 2.05) is 6.92 Å². The number of nitrogens with zero attached hydrogens (tertiary/aromatic N) is 2. The maximum absolute atomic E-state index is 13.1. The van der Waals surface area contributed by atoms with Crippen molar-refractivity contribution in [2.45, 2.75) is 20.3 Å². The molecule has 1 aliphatic heterocycles. The maximum Gasteiger partial charge on any atom is 0.338 e. The number of hydrogen-bond donors (Lipinski definition) is 1. The number of benzene rings is 2. The number of anilines is 2. The number of nitro groups is 1. The van der Waals surface area contributed by atoms with Gasteiger partial charge in [-0.1, -0.05) is 17.7 Å². The van der Waals surface area contributed by atoms with Crippen molar-refractivity contribution in [1.29, 1.82) is 0 Å². The SMILES string of the molecule is CC1=C[C@H]2C[C@H]1[C@@H]1C(=O)N(c3ccc(C(=O)OCC(=O)Nc4ccc(C)c([N+](=O)[O-])c4)cc3)C(=O)[C@@H]12. The summed E-state index contributed by atoms with van der Waals surface area (Å²) < 4.78 is 5.04. The highest BCUT2D eigenvalue weighted by atomic mass is 16.6. The van der Waals surface area contributed by atoms with E-state index in [0.29, 0.717) is 11.3 Å². The third kappa shape index (κ3) is 3.84. The second-order valence-electron chi connectivity index (χ2n) is 9.41. The molecule has 2 bridgehead atoms. The van der Waals surface area contributed by atoms with Crippen molar-refractivity contribution in [2.24, 2.45) is 23.7 Å². The lowest BCUT2D eigenvalue weighted by Gasteiger charge is -2.19. The Labute approximate surface area is 206 Å². The lowest BCUT2D eigenvalue weighted by molar-refractivity contribution is -0.385. The van der Waals surface area contributed by atoms with Gasteiger partial charge in [0.05, 0.1) is 28.0 Å². The molecule has 1 N–H and O–H groups in total. The van der Waals surface area contributed by atoms with Crippen LogP contribution in [-0.2, 0) is 19.1 Å². The number of aryl methyl sites for hydroxylation is 1. The summed E-state index contributed by atoms with van der Waals surface area (Å²) in [6.07, 6.45) is 2.96.